The molecule has 0 unspecified atom stereocenters. The number of H-pyrrole nitrogens is 1. The average Bonchev–Trinajstić information content (AvgIpc) is 3.24. The number of ether oxygens (including phenoxy) is 2. The molecule has 4 aliphatic rings. The van der Waals surface area contributed by atoms with E-state index in [1.165, 1.54) is 25.9 Å². The molecule has 1 atom stereocenters. The van der Waals surface area contributed by atoms with Gasteiger partial charge in [-0.1, -0.05) is 0 Å². The minimum absolute atomic E-state index is 0.00792. The van der Waals surface area contributed by atoms with Crippen LogP contribution in [0, 0.1) is 5.92 Å². The first-order valence-corrected chi connectivity index (χ1v) is 10.4. The zero-order valence-electron chi connectivity index (χ0n) is 16.5. The van der Waals surface area contributed by atoms with Crippen LogP contribution in [-0.2, 0) is 4.74 Å². The van der Waals surface area contributed by atoms with Gasteiger partial charge in [0, 0.05) is 31.2 Å². The Morgan fingerprint density at radius 3 is 2.59 bits per heavy atom. The van der Waals surface area contributed by atoms with Crippen LogP contribution in [0.25, 0.3) is 0 Å². The number of piperidine rings is 3. The van der Waals surface area contributed by atoms with Gasteiger partial charge in [-0.25, -0.2) is 4.98 Å². The van der Waals surface area contributed by atoms with Crippen LogP contribution in [0.1, 0.15) is 23.2 Å². The van der Waals surface area contributed by atoms with Crippen LogP contribution in [0.3, 0.4) is 0 Å². The largest absolute Gasteiger partial charge is 0.439 e. The van der Waals surface area contributed by atoms with E-state index in [0.29, 0.717) is 36.3 Å². The molecule has 0 radical (unpaired) electrons. The number of hydrogen-bond acceptors (Lipinski definition) is 6. The number of nitrogens with one attached hydrogen (secondary N) is 2. The second kappa shape index (κ2) is 8.04. The Morgan fingerprint density at radius 2 is 1.90 bits per heavy atom. The van der Waals surface area contributed by atoms with Gasteiger partial charge in [0.1, 0.15) is 5.75 Å². The number of hydrogen-bond donors (Lipinski definition) is 2. The number of anilines is 1. The smallest absolute Gasteiger partial charge is 0.251 e. The Hall–Kier alpha value is -2.58. The zero-order chi connectivity index (χ0) is 19.6. The maximum absolute atomic E-state index is 12.6. The lowest BCUT2D eigenvalue weighted by Gasteiger charge is -2.44. The Kier molecular flexibility index (Phi) is 5.12. The van der Waals surface area contributed by atoms with Crippen molar-refractivity contribution in [2.45, 2.75) is 18.9 Å². The number of rotatable bonds is 5. The third kappa shape index (κ3) is 4.09. The molecule has 4 saturated heterocycles. The summed E-state index contributed by atoms with van der Waals surface area (Å²) < 4.78 is 11.2. The summed E-state index contributed by atoms with van der Waals surface area (Å²) in [6.45, 7) is 6.36. The maximum atomic E-state index is 12.6. The van der Waals surface area contributed by atoms with Gasteiger partial charge in [-0.2, -0.15) is 0 Å². The fraction of sp³-hybridized carbons (Fsp3) is 0.524. The third-order valence-corrected chi connectivity index (χ3v) is 6.17. The highest BCUT2D eigenvalue weighted by atomic mass is 16.5. The van der Waals surface area contributed by atoms with Gasteiger partial charge in [0.15, 0.2) is 0 Å². The molecule has 6 rings (SSSR count). The number of nitrogens with zero attached hydrogens (tertiary/aromatic N) is 3. The van der Waals surface area contributed by atoms with Crippen LogP contribution in [0.15, 0.2) is 30.5 Å². The second-order valence-corrected chi connectivity index (χ2v) is 8.01. The van der Waals surface area contributed by atoms with E-state index in [1.807, 2.05) is 24.3 Å². The molecule has 2 aromatic rings. The van der Waals surface area contributed by atoms with Crippen LogP contribution >= 0.6 is 0 Å². The number of amides is 1. The van der Waals surface area contributed by atoms with E-state index in [-0.39, 0.29) is 11.9 Å². The van der Waals surface area contributed by atoms with Crippen LogP contribution in [0.4, 0.5) is 5.95 Å². The van der Waals surface area contributed by atoms with Crippen molar-refractivity contribution in [3.05, 3.63) is 36.0 Å². The second-order valence-electron chi connectivity index (χ2n) is 8.01. The molecule has 2 bridgehead atoms. The first kappa shape index (κ1) is 18.4. The van der Waals surface area contributed by atoms with Crippen LogP contribution < -0.4 is 15.0 Å². The average molecular weight is 397 g/mol. The van der Waals surface area contributed by atoms with Crippen molar-refractivity contribution < 1.29 is 14.3 Å². The summed E-state index contributed by atoms with van der Waals surface area (Å²) in [5, 5.41) is 3.22. The number of benzene rings is 1. The van der Waals surface area contributed by atoms with E-state index < -0.39 is 0 Å². The lowest BCUT2D eigenvalue weighted by molar-refractivity contribution is 0.0620. The molecule has 0 aliphatic carbocycles. The quantitative estimate of drug-likeness (QED) is 0.802. The SMILES string of the molecule is O=C(N[C@H]1CN2CCC1CC2)c1ccc(Oc2cnc(N3CCOCC3)[nH]2)cc1. The molecular weight excluding hydrogens is 370 g/mol. The topological polar surface area (TPSA) is 82.7 Å². The van der Waals surface area contributed by atoms with Crippen molar-refractivity contribution in [2.75, 3.05) is 50.8 Å². The fourth-order valence-corrected chi connectivity index (χ4v) is 4.46. The number of carbonyl (C=O) groups is 1. The van der Waals surface area contributed by atoms with E-state index >= 15 is 0 Å². The first-order valence-electron chi connectivity index (χ1n) is 10.4. The molecule has 5 heterocycles. The standard InChI is InChI=1S/C21H27N5O3/c27-20(23-18-14-25-7-5-15(18)6-8-25)16-1-3-17(4-2-16)29-19-13-22-21(24-19)26-9-11-28-12-10-26/h1-4,13,15,18H,5-12,14H2,(H,22,24)(H,23,27)/t18-/m0/s1. The summed E-state index contributed by atoms with van der Waals surface area (Å²) >= 11 is 0. The lowest BCUT2D eigenvalue weighted by Crippen LogP contribution is -2.57. The van der Waals surface area contributed by atoms with E-state index in [4.69, 9.17) is 9.47 Å². The summed E-state index contributed by atoms with van der Waals surface area (Å²) in [4.78, 5) is 24.8. The Bertz CT molecular complexity index is 838. The summed E-state index contributed by atoms with van der Waals surface area (Å²) in [6.07, 6.45) is 4.06. The number of aromatic nitrogens is 2. The number of fused-ring (bicyclic) bond motifs is 3. The van der Waals surface area contributed by atoms with E-state index in [9.17, 15) is 4.79 Å². The number of morpholine rings is 1. The molecule has 4 fully saturated rings. The number of carbonyl (C=O) groups excluding carboxylic acids is 1. The van der Waals surface area contributed by atoms with Crippen LogP contribution in [0.2, 0.25) is 0 Å². The summed E-state index contributed by atoms with van der Waals surface area (Å²) in [5.41, 5.74) is 0.660. The van der Waals surface area contributed by atoms with Gasteiger partial charge in [-0.15, -0.1) is 0 Å². The predicted molar refractivity (Wildman–Crippen MR) is 109 cm³/mol. The number of imidazole rings is 1. The minimum Gasteiger partial charge on any atom is -0.439 e. The fourth-order valence-electron chi connectivity index (χ4n) is 4.46. The molecule has 29 heavy (non-hydrogen) atoms. The lowest BCUT2D eigenvalue weighted by atomic mass is 9.84. The monoisotopic (exact) mass is 397 g/mol. The highest BCUT2D eigenvalue weighted by molar-refractivity contribution is 5.94. The van der Waals surface area contributed by atoms with Gasteiger partial charge >= 0.3 is 0 Å². The van der Waals surface area contributed by atoms with Gasteiger partial charge in [-0.05, 0) is 56.1 Å². The third-order valence-electron chi connectivity index (χ3n) is 6.17. The predicted octanol–water partition coefficient (Wildman–Crippen LogP) is 1.86. The Morgan fingerprint density at radius 1 is 1.14 bits per heavy atom. The summed E-state index contributed by atoms with van der Waals surface area (Å²) in [6, 6.07) is 7.53. The molecule has 0 saturated carbocycles. The Labute approximate surface area is 170 Å². The molecule has 4 aliphatic heterocycles. The Balaban J connectivity index is 1.18. The molecular formula is C21H27N5O3. The first-order chi connectivity index (χ1) is 14.2. The molecule has 1 aromatic carbocycles. The molecule has 8 nitrogen and oxygen atoms in total. The van der Waals surface area contributed by atoms with Gasteiger partial charge in [0.25, 0.3) is 5.91 Å². The van der Waals surface area contributed by atoms with Crippen molar-refractivity contribution in [3.8, 4) is 11.6 Å². The van der Waals surface area contributed by atoms with Crippen molar-refractivity contribution >= 4 is 11.9 Å². The molecule has 8 heteroatoms. The highest BCUT2D eigenvalue weighted by Gasteiger charge is 2.34. The molecule has 1 aromatic heterocycles. The number of aromatic amines is 1. The molecule has 1 amide bonds. The van der Waals surface area contributed by atoms with Gasteiger partial charge in [-0.3, -0.25) is 9.78 Å². The van der Waals surface area contributed by atoms with Crippen LogP contribution in [-0.4, -0.2) is 72.8 Å². The summed E-state index contributed by atoms with van der Waals surface area (Å²) in [7, 11) is 0. The zero-order valence-corrected chi connectivity index (χ0v) is 16.5. The van der Waals surface area contributed by atoms with E-state index in [1.54, 1.807) is 6.20 Å². The van der Waals surface area contributed by atoms with Crippen molar-refractivity contribution in [3.63, 3.8) is 0 Å². The van der Waals surface area contributed by atoms with Gasteiger partial charge in [0.05, 0.1) is 19.4 Å². The highest BCUT2D eigenvalue weighted by Crippen LogP contribution is 2.28. The maximum Gasteiger partial charge on any atom is 0.251 e. The minimum atomic E-state index is -0.00792. The van der Waals surface area contributed by atoms with Crippen molar-refractivity contribution in [1.82, 2.24) is 20.2 Å². The van der Waals surface area contributed by atoms with E-state index in [0.717, 1.165) is 25.6 Å². The van der Waals surface area contributed by atoms with E-state index in [2.05, 4.69) is 25.1 Å². The van der Waals surface area contributed by atoms with Crippen molar-refractivity contribution in [1.29, 1.82) is 0 Å². The summed E-state index contributed by atoms with van der Waals surface area (Å²) in [5.74, 6) is 2.65. The van der Waals surface area contributed by atoms with Gasteiger partial charge in [0.2, 0.25) is 11.8 Å². The molecule has 2 N–H and O–H groups in total. The molecule has 0 spiro atoms. The molecule has 154 valence electrons. The van der Waals surface area contributed by atoms with Gasteiger partial charge < -0.3 is 24.6 Å². The van der Waals surface area contributed by atoms with Crippen LogP contribution in [0.5, 0.6) is 11.6 Å². The van der Waals surface area contributed by atoms with Crippen molar-refractivity contribution in [2.24, 2.45) is 5.92 Å². The normalized spacial score (nSPS) is 26.3.